The van der Waals surface area contributed by atoms with Gasteiger partial charge >= 0.3 is 14.8 Å². The molecule has 1 aromatic carbocycles. The molecule has 9 heteroatoms. The molecule has 2 rings (SSSR count). The number of aliphatic hydroxyl groups is 1. The summed E-state index contributed by atoms with van der Waals surface area (Å²) in [4.78, 5) is 16.7. The van der Waals surface area contributed by atoms with E-state index >= 15 is 0 Å². The summed E-state index contributed by atoms with van der Waals surface area (Å²) in [5, 5.41) is 10.3. The second-order valence-electron chi connectivity index (χ2n) is 6.58. The highest BCUT2D eigenvalue weighted by Gasteiger charge is 2.40. The van der Waals surface area contributed by atoms with Crippen molar-refractivity contribution in [2.45, 2.75) is 52.8 Å². The Kier molecular flexibility index (Phi) is 9.25. The number of carbonyl (C=O) groups excluding carboxylic acids is 1. The molecule has 8 nitrogen and oxygen atoms in total. The van der Waals surface area contributed by atoms with Gasteiger partial charge in [-0.15, -0.1) is 0 Å². The smallest absolute Gasteiger partial charge is 0.463 e. The Morgan fingerprint density at radius 3 is 2.38 bits per heavy atom. The molecule has 1 aromatic heterocycles. The number of imidazole rings is 1. The van der Waals surface area contributed by atoms with Crippen LogP contribution >= 0.6 is 0 Å². The predicted octanol–water partition coefficient (Wildman–Crippen LogP) is 2.69. The van der Waals surface area contributed by atoms with E-state index in [1.165, 1.54) is 0 Å². The zero-order valence-electron chi connectivity index (χ0n) is 17.7. The predicted molar refractivity (Wildman–Crippen MR) is 111 cm³/mol. The summed E-state index contributed by atoms with van der Waals surface area (Å²) in [6, 6.07) is 8.08. The van der Waals surface area contributed by atoms with Crippen molar-refractivity contribution in [2.24, 2.45) is 0 Å². The normalized spacial score (nSPS) is 13.0. The lowest BCUT2D eigenvalue weighted by Gasteiger charge is -2.28. The molecule has 0 radical (unpaired) electrons. The molecule has 0 aliphatic rings. The number of hydrogen-bond donors (Lipinski definition) is 1. The van der Waals surface area contributed by atoms with Crippen LogP contribution in [0.1, 0.15) is 33.0 Å². The average Bonchev–Trinajstić information content (AvgIpc) is 3.01. The van der Waals surface area contributed by atoms with Crippen molar-refractivity contribution in [1.82, 2.24) is 9.55 Å². The van der Waals surface area contributed by atoms with Crippen molar-refractivity contribution in [2.75, 3.05) is 26.4 Å². The van der Waals surface area contributed by atoms with Gasteiger partial charge in [-0.1, -0.05) is 12.1 Å². The third-order valence-electron chi connectivity index (χ3n) is 4.40. The molecule has 29 heavy (non-hydrogen) atoms. The monoisotopic (exact) mass is 424 g/mol. The summed E-state index contributed by atoms with van der Waals surface area (Å²) in [5.41, 5.74) is 1.81. The lowest BCUT2D eigenvalue weighted by molar-refractivity contribution is -0.146. The molecule has 162 valence electrons. The fourth-order valence-electron chi connectivity index (χ4n) is 3.21. The van der Waals surface area contributed by atoms with Crippen LogP contribution in [0.4, 0.5) is 0 Å². The summed E-state index contributed by atoms with van der Waals surface area (Å²) in [6.07, 6.45) is -0.714. The lowest BCUT2D eigenvalue weighted by Crippen LogP contribution is -2.46. The van der Waals surface area contributed by atoms with Crippen LogP contribution in [-0.2, 0) is 29.4 Å². The highest BCUT2D eigenvalue weighted by molar-refractivity contribution is 6.60. The third-order valence-corrected chi connectivity index (χ3v) is 7.45. The third kappa shape index (κ3) is 6.61. The molecule has 0 fully saturated rings. The number of nitrogens with zero attached hydrogens (tertiary/aromatic N) is 2. The maximum Gasteiger partial charge on any atom is 0.501 e. The molecule has 0 bridgehead atoms. The summed E-state index contributed by atoms with van der Waals surface area (Å²) < 4.78 is 24.4. The number of rotatable bonds is 13. The number of fused-ring (bicyclic) bond motifs is 1. The molecule has 0 aliphatic heterocycles. The minimum atomic E-state index is -2.88. The fourth-order valence-corrected chi connectivity index (χ4v) is 5.72. The maximum absolute atomic E-state index is 12.2. The zero-order chi connectivity index (χ0) is 21.3. The van der Waals surface area contributed by atoms with Gasteiger partial charge in [0, 0.05) is 32.3 Å². The average molecular weight is 425 g/mol. The van der Waals surface area contributed by atoms with Crippen molar-refractivity contribution in [3.8, 4) is 0 Å². The number of para-hydroxylation sites is 2. The Labute approximate surface area is 173 Å². The summed E-state index contributed by atoms with van der Waals surface area (Å²) in [6.45, 7) is 9.09. The van der Waals surface area contributed by atoms with E-state index in [1.54, 1.807) is 0 Å². The Hall–Kier alpha value is -1.78. The molecule has 0 saturated heterocycles. The van der Waals surface area contributed by atoms with E-state index in [1.807, 2.05) is 56.5 Å². The molecule has 0 spiro atoms. The Bertz CT molecular complexity index is 764. The number of aromatic nitrogens is 2. The van der Waals surface area contributed by atoms with Crippen LogP contribution in [0, 0.1) is 6.92 Å². The number of benzene rings is 1. The van der Waals surface area contributed by atoms with Crippen LogP contribution in [0.15, 0.2) is 24.3 Å². The van der Waals surface area contributed by atoms with Crippen molar-refractivity contribution in [1.29, 1.82) is 0 Å². The first-order valence-electron chi connectivity index (χ1n) is 10.1. The largest absolute Gasteiger partial charge is 0.501 e. The number of esters is 1. The van der Waals surface area contributed by atoms with E-state index < -0.39 is 20.9 Å². The number of hydrogen-bond acceptors (Lipinski definition) is 7. The summed E-state index contributed by atoms with van der Waals surface area (Å²) in [5.74, 6) is 0.393. The van der Waals surface area contributed by atoms with Gasteiger partial charge in [0.25, 0.3) is 0 Å². The highest BCUT2D eigenvalue weighted by atomic mass is 28.4. The fraction of sp³-hybridized carbons (Fsp3) is 0.600. The van der Waals surface area contributed by atoms with Gasteiger partial charge in [0.1, 0.15) is 18.5 Å². The first kappa shape index (κ1) is 23.5. The van der Waals surface area contributed by atoms with Crippen molar-refractivity contribution >= 4 is 25.8 Å². The molecular formula is C20H32N2O6Si. The van der Waals surface area contributed by atoms with Gasteiger partial charge < -0.3 is 27.7 Å². The SMILES string of the molecule is CCO[Si](CCC(=O)OCC(O)Cn1c(C)nc2ccccc21)(OCC)OCC. The van der Waals surface area contributed by atoms with Crippen LogP contribution in [0.5, 0.6) is 0 Å². The topological polar surface area (TPSA) is 92.0 Å². The lowest BCUT2D eigenvalue weighted by atomic mass is 10.3. The standard InChI is InChI=1S/C20H32N2O6Si/c1-5-26-29(27-6-2,28-7-3)13-12-20(24)25-15-17(23)14-22-16(4)21-18-10-8-9-11-19(18)22/h8-11,17,23H,5-7,12-15H2,1-4H3. The van der Waals surface area contributed by atoms with Gasteiger partial charge in [-0.05, 0) is 39.8 Å². The van der Waals surface area contributed by atoms with Crippen molar-refractivity contribution in [3.05, 3.63) is 30.1 Å². The van der Waals surface area contributed by atoms with E-state index in [2.05, 4.69) is 4.98 Å². The van der Waals surface area contributed by atoms with E-state index in [0.717, 1.165) is 16.9 Å². The molecule has 1 unspecified atom stereocenters. The van der Waals surface area contributed by atoms with Gasteiger partial charge in [0.2, 0.25) is 0 Å². The van der Waals surface area contributed by atoms with Gasteiger partial charge in [0.15, 0.2) is 0 Å². The van der Waals surface area contributed by atoms with Crippen LogP contribution < -0.4 is 0 Å². The Balaban J connectivity index is 1.86. The highest BCUT2D eigenvalue weighted by Crippen LogP contribution is 2.19. The molecule has 0 saturated carbocycles. The molecule has 0 aliphatic carbocycles. The Morgan fingerprint density at radius 2 is 1.76 bits per heavy atom. The van der Waals surface area contributed by atoms with Gasteiger partial charge in [0.05, 0.1) is 17.6 Å². The molecular weight excluding hydrogens is 392 g/mol. The summed E-state index contributed by atoms with van der Waals surface area (Å²) in [7, 11) is -2.88. The number of aryl methyl sites for hydroxylation is 1. The van der Waals surface area contributed by atoms with Crippen LogP contribution in [0.25, 0.3) is 11.0 Å². The van der Waals surface area contributed by atoms with Gasteiger partial charge in [-0.25, -0.2) is 4.98 Å². The van der Waals surface area contributed by atoms with Crippen molar-refractivity contribution in [3.63, 3.8) is 0 Å². The first-order valence-corrected chi connectivity index (χ1v) is 12.0. The molecule has 0 amide bonds. The van der Waals surface area contributed by atoms with Crippen LogP contribution in [-0.4, -0.2) is 62.0 Å². The number of aliphatic hydroxyl groups excluding tert-OH is 1. The number of ether oxygens (including phenoxy) is 1. The Morgan fingerprint density at radius 1 is 1.14 bits per heavy atom. The summed E-state index contributed by atoms with van der Waals surface area (Å²) >= 11 is 0. The van der Waals surface area contributed by atoms with E-state index in [4.69, 9.17) is 18.0 Å². The maximum atomic E-state index is 12.2. The quantitative estimate of drug-likeness (QED) is 0.390. The van der Waals surface area contributed by atoms with Crippen LogP contribution in [0.2, 0.25) is 6.04 Å². The van der Waals surface area contributed by atoms with E-state index in [9.17, 15) is 9.90 Å². The first-order chi connectivity index (χ1) is 13.9. The second-order valence-corrected chi connectivity index (χ2v) is 9.31. The molecule has 1 N–H and O–H groups in total. The number of carbonyl (C=O) groups is 1. The van der Waals surface area contributed by atoms with E-state index in [-0.39, 0.29) is 13.0 Å². The van der Waals surface area contributed by atoms with E-state index in [0.29, 0.717) is 32.4 Å². The zero-order valence-corrected chi connectivity index (χ0v) is 18.7. The minimum absolute atomic E-state index is 0.0861. The van der Waals surface area contributed by atoms with Gasteiger partial charge in [-0.2, -0.15) is 0 Å². The van der Waals surface area contributed by atoms with Gasteiger partial charge in [-0.3, -0.25) is 4.79 Å². The minimum Gasteiger partial charge on any atom is -0.463 e. The molecule has 2 aromatic rings. The molecule has 1 heterocycles. The van der Waals surface area contributed by atoms with Crippen molar-refractivity contribution < 1.29 is 27.9 Å². The second kappa shape index (κ2) is 11.4. The van der Waals surface area contributed by atoms with Crippen LogP contribution in [0.3, 0.4) is 0 Å². The molecule has 1 atom stereocenters.